The van der Waals surface area contributed by atoms with Crippen LogP contribution in [0.5, 0.6) is 17.2 Å². The van der Waals surface area contributed by atoms with E-state index in [1.165, 1.54) is 31.2 Å². The van der Waals surface area contributed by atoms with E-state index in [9.17, 15) is 0 Å². The summed E-state index contributed by atoms with van der Waals surface area (Å²) in [7, 11) is 3.95. The van der Waals surface area contributed by atoms with Crippen LogP contribution in [-0.2, 0) is 0 Å². The molecule has 0 bridgehead atoms. The highest BCUT2D eigenvalue weighted by atomic mass is 16.7. The van der Waals surface area contributed by atoms with Gasteiger partial charge in [0, 0.05) is 12.6 Å². The molecule has 0 saturated carbocycles. The van der Waals surface area contributed by atoms with Gasteiger partial charge < -0.3 is 19.1 Å². The molecule has 0 aromatic heterocycles. The highest BCUT2D eigenvalue weighted by Crippen LogP contribution is 2.46. The van der Waals surface area contributed by atoms with Gasteiger partial charge in [0.1, 0.15) is 0 Å². The second kappa shape index (κ2) is 6.83. The van der Waals surface area contributed by atoms with E-state index in [0.717, 1.165) is 23.8 Å². The smallest absolute Gasteiger partial charge is 0.231 e. The summed E-state index contributed by atoms with van der Waals surface area (Å²) in [5.74, 6) is 2.88. The zero-order chi connectivity index (χ0) is 17.3. The van der Waals surface area contributed by atoms with Crippen molar-refractivity contribution < 1.29 is 14.2 Å². The van der Waals surface area contributed by atoms with Crippen LogP contribution in [0.15, 0.2) is 12.1 Å². The van der Waals surface area contributed by atoms with Gasteiger partial charge in [-0.2, -0.15) is 0 Å². The Morgan fingerprint density at radius 2 is 2.08 bits per heavy atom. The lowest BCUT2D eigenvalue weighted by Crippen LogP contribution is -2.30. The number of nitrogens with zero attached hydrogens (tertiary/aromatic N) is 1. The fourth-order valence-electron chi connectivity index (χ4n) is 4.36. The number of benzene rings is 1. The molecule has 24 heavy (non-hydrogen) atoms. The number of likely N-dealkylation sites (tertiary alicyclic amines) is 1. The van der Waals surface area contributed by atoms with E-state index < -0.39 is 0 Å². The average molecular weight is 333 g/mol. The molecule has 3 rings (SSSR count). The maximum absolute atomic E-state index is 5.59. The van der Waals surface area contributed by atoms with E-state index in [1.807, 2.05) is 0 Å². The Morgan fingerprint density at radius 1 is 1.29 bits per heavy atom. The molecule has 134 valence electrons. The first-order valence-electron chi connectivity index (χ1n) is 9.11. The van der Waals surface area contributed by atoms with E-state index in [1.54, 1.807) is 7.11 Å². The van der Waals surface area contributed by atoms with Crippen molar-refractivity contribution in [3.63, 3.8) is 0 Å². The van der Waals surface area contributed by atoms with Gasteiger partial charge in [-0.05, 0) is 55.3 Å². The lowest BCUT2D eigenvalue weighted by Gasteiger charge is -2.30. The topological polar surface area (TPSA) is 30.9 Å². The van der Waals surface area contributed by atoms with E-state index in [2.05, 4.69) is 44.9 Å². The minimum absolute atomic E-state index is 0.285. The van der Waals surface area contributed by atoms with Gasteiger partial charge in [0.05, 0.1) is 7.11 Å². The van der Waals surface area contributed by atoms with Crippen molar-refractivity contribution in [2.45, 2.75) is 58.4 Å². The van der Waals surface area contributed by atoms with E-state index >= 15 is 0 Å². The molecule has 4 heteroatoms. The Balaban J connectivity index is 1.75. The summed E-state index contributed by atoms with van der Waals surface area (Å²) in [6, 6.07) is 4.92. The summed E-state index contributed by atoms with van der Waals surface area (Å²) in [5.41, 5.74) is 1.72. The first kappa shape index (κ1) is 17.4. The van der Waals surface area contributed by atoms with Crippen molar-refractivity contribution in [1.82, 2.24) is 4.90 Å². The Labute approximate surface area is 146 Å². The quantitative estimate of drug-likeness (QED) is 0.771. The standard InChI is InChI=1S/C20H31NO3/c1-6-7-20(2,3)11-16-8-15(12-21(16)4)14-9-17(22-5)19-18(10-14)23-13-24-19/h9-10,15-16H,6-8,11-13H2,1-5H3. The minimum atomic E-state index is 0.285. The Morgan fingerprint density at radius 3 is 2.79 bits per heavy atom. The van der Waals surface area contributed by atoms with Crippen molar-refractivity contribution in [2.24, 2.45) is 5.41 Å². The van der Waals surface area contributed by atoms with Gasteiger partial charge in [-0.3, -0.25) is 0 Å². The van der Waals surface area contributed by atoms with E-state index in [0.29, 0.717) is 17.4 Å². The summed E-state index contributed by atoms with van der Waals surface area (Å²) in [6.07, 6.45) is 5.01. The monoisotopic (exact) mass is 333 g/mol. The van der Waals surface area contributed by atoms with Crippen LogP contribution in [0.3, 0.4) is 0 Å². The third-order valence-electron chi connectivity index (χ3n) is 5.56. The van der Waals surface area contributed by atoms with Gasteiger partial charge in [-0.25, -0.2) is 0 Å². The molecule has 1 aromatic rings. The van der Waals surface area contributed by atoms with Crippen LogP contribution in [0.2, 0.25) is 0 Å². The zero-order valence-corrected chi connectivity index (χ0v) is 15.7. The molecule has 0 spiro atoms. The minimum Gasteiger partial charge on any atom is -0.493 e. The van der Waals surface area contributed by atoms with Crippen molar-refractivity contribution in [3.05, 3.63) is 17.7 Å². The summed E-state index contributed by atoms with van der Waals surface area (Å²) >= 11 is 0. The number of likely N-dealkylation sites (N-methyl/N-ethyl adjacent to an activating group) is 1. The lowest BCUT2D eigenvalue weighted by molar-refractivity contribution is 0.171. The molecular weight excluding hydrogens is 302 g/mol. The van der Waals surface area contributed by atoms with Crippen LogP contribution < -0.4 is 14.2 Å². The molecule has 0 amide bonds. The zero-order valence-electron chi connectivity index (χ0n) is 15.7. The number of ether oxygens (including phenoxy) is 3. The fraction of sp³-hybridized carbons (Fsp3) is 0.700. The number of methoxy groups -OCH3 is 1. The summed E-state index contributed by atoms with van der Waals surface area (Å²) in [5, 5.41) is 0. The molecule has 4 nitrogen and oxygen atoms in total. The van der Waals surface area contributed by atoms with Crippen LogP contribution in [0.1, 0.15) is 57.9 Å². The summed E-state index contributed by atoms with van der Waals surface area (Å²) in [6.45, 7) is 8.47. The van der Waals surface area contributed by atoms with Gasteiger partial charge >= 0.3 is 0 Å². The summed E-state index contributed by atoms with van der Waals surface area (Å²) in [4.78, 5) is 2.53. The normalized spacial score (nSPS) is 23.7. The van der Waals surface area contributed by atoms with Crippen LogP contribution in [0.4, 0.5) is 0 Å². The first-order chi connectivity index (χ1) is 11.4. The largest absolute Gasteiger partial charge is 0.493 e. The molecule has 0 radical (unpaired) electrons. The van der Waals surface area contributed by atoms with Crippen molar-refractivity contribution >= 4 is 0 Å². The maximum Gasteiger partial charge on any atom is 0.231 e. The maximum atomic E-state index is 5.59. The van der Waals surface area contributed by atoms with Crippen molar-refractivity contribution in [1.29, 1.82) is 0 Å². The van der Waals surface area contributed by atoms with Gasteiger partial charge in [0.25, 0.3) is 0 Å². The average Bonchev–Trinajstić information content (AvgIpc) is 3.13. The molecule has 1 saturated heterocycles. The van der Waals surface area contributed by atoms with Crippen LogP contribution in [0, 0.1) is 5.41 Å². The van der Waals surface area contributed by atoms with Crippen molar-refractivity contribution in [3.8, 4) is 17.2 Å². The molecule has 1 aromatic carbocycles. The third-order valence-corrected chi connectivity index (χ3v) is 5.56. The first-order valence-corrected chi connectivity index (χ1v) is 9.11. The second-order valence-electron chi connectivity index (χ2n) is 8.10. The van der Waals surface area contributed by atoms with Gasteiger partial charge in [0.2, 0.25) is 12.5 Å². The molecule has 2 heterocycles. The Kier molecular flexibility index (Phi) is 4.95. The van der Waals surface area contributed by atoms with Crippen LogP contribution >= 0.6 is 0 Å². The number of fused-ring (bicyclic) bond motifs is 1. The van der Waals surface area contributed by atoms with Crippen LogP contribution in [-0.4, -0.2) is 38.4 Å². The van der Waals surface area contributed by atoms with E-state index in [-0.39, 0.29) is 6.79 Å². The molecule has 1 fully saturated rings. The SMILES string of the molecule is CCCC(C)(C)CC1CC(c2cc(OC)c3c(c2)OCO3)CN1C. The molecule has 2 aliphatic heterocycles. The van der Waals surface area contributed by atoms with Gasteiger partial charge in [0.15, 0.2) is 11.5 Å². The lowest BCUT2D eigenvalue weighted by atomic mass is 9.80. The van der Waals surface area contributed by atoms with E-state index in [4.69, 9.17) is 14.2 Å². The van der Waals surface area contributed by atoms with Crippen LogP contribution in [0.25, 0.3) is 0 Å². The number of rotatable bonds is 6. The van der Waals surface area contributed by atoms with Gasteiger partial charge in [-0.1, -0.05) is 27.2 Å². The third kappa shape index (κ3) is 3.49. The van der Waals surface area contributed by atoms with Crippen molar-refractivity contribution in [2.75, 3.05) is 27.5 Å². The summed E-state index contributed by atoms with van der Waals surface area (Å²) < 4.78 is 16.6. The second-order valence-corrected chi connectivity index (χ2v) is 8.10. The Hall–Kier alpha value is -1.42. The fourth-order valence-corrected chi connectivity index (χ4v) is 4.36. The highest BCUT2D eigenvalue weighted by Gasteiger charge is 2.35. The molecule has 2 aliphatic rings. The number of hydrogen-bond donors (Lipinski definition) is 0. The highest BCUT2D eigenvalue weighted by molar-refractivity contribution is 5.55. The molecular formula is C20H31NO3. The number of hydrogen-bond acceptors (Lipinski definition) is 4. The molecule has 0 aliphatic carbocycles. The molecule has 2 atom stereocenters. The van der Waals surface area contributed by atoms with Gasteiger partial charge in [-0.15, -0.1) is 0 Å². The Bertz CT molecular complexity index is 584. The molecule has 0 N–H and O–H groups in total. The predicted molar refractivity (Wildman–Crippen MR) is 96.2 cm³/mol. The predicted octanol–water partition coefficient (Wildman–Crippen LogP) is 4.43. The molecule has 2 unspecified atom stereocenters.